The van der Waals surface area contributed by atoms with Crippen LogP contribution in [0.4, 0.5) is 19.0 Å². The summed E-state index contributed by atoms with van der Waals surface area (Å²) in [6.07, 6.45) is -1.10. The summed E-state index contributed by atoms with van der Waals surface area (Å²) in [6, 6.07) is -1.40. The number of hydrogen-bond acceptors (Lipinski definition) is 4. The molecule has 0 aliphatic carbocycles. The zero-order valence-corrected chi connectivity index (χ0v) is 11.9. The Kier molecular flexibility index (Phi) is 4.29. The fourth-order valence-corrected chi connectivity index (χ4v) is 2.54. The molecule has 4 nitrogen and oxygen atoms in total. The van der Waals surface area contributed by atoms with Gasteiger partial charge in [0.15, 0.2) is 0 Å². The summed E-state index contributed by atoms with van der Waals surface area (Å²) in [5.41, 5.74) is 0. The minimum absolute atomic E-state index is 0.372. The Balaban J connectivity index is 1.98. The summed E-state index contributed by atoms with van der Waals surface area (Å²) in [5, 5.41) is 0. The third-order valence-corrected chi connectivity index (χ3v) is 3.84. The van der Waals surface area contributed by atoms with E-state index in [4.69, 9.17) is 0 Å². The summed E-state index contributed by atoms with van der Waals surface area (Å²) in [5.74, 6) is 0.731. The fourth-order valence-electron chi connectivity index (χ4n) is 2.07. The standard InChI is InChI=1S/C11H14BrF3N4/c1-8(11(13,14)15)18-2-4-19(5-3-18)10-9(12)6-16-7-17-10/h6-8H,2-5H2,1H3/t8-/m1/s1. The van der Waals surface area contributed by atoms with Gasteiger partial charge >= 0.3 is 6.18 Å². The number of alkyl halides is 3. The number of hydrogen-bond donors (Lipinski definition) is 0. The van der Waals surface area contributed by atoms with Crippen molar-refractivity contribution in [1.29, 1.82) is 0 Å². The molecule has 1 aromatic rings. The van der Waals surface area contributed by atoms with Crippen LogP contribution < -0.4 is 4.90 Å². The second-order valence-electron chi connectivity index (χ2n) is 4.43. The largest absolute Gasteiger partial charge is 0.403 e. The topological polar surface area (TPSA) is 32.3 Å². The lowest BCUT2D eigenvalue weighted by molar-refractivity contribution is -0.179. The van der Waals surface area contributed by atoms with E-state index >= 15 is 0 Å². The average molecular weight is 339 g/mol. The molecule has 0 aromatic carbocycles. The zero-order chi connectivity index (χ0) is 14.0. The molecule has 0 amide bonds. The molecule has 1 fully saturated rings. The minimum Gasteiger partial charge on any atom is -0.353 e. The van der Waals surface area contributed by atoms with Gasteiger partial charge in [-0.3, -0.25) is 4.90 Å². The molecule has 2 heterocycles. The van der Waals surface area contributed by atoms with Crippen LogP contribution >= 0.6 is 15.9 Å². The Morgan fingerprint density at radius 1 is 1.26 bits per heavy atom. The zero-order valence-electron chi connectivity index (χ0n) is 10.4. The molecular formula is C11H14BrF3N4. The molecule has 0 radical (unpaired) electrons. The molecule has 1 aromatic heterocycles. The molecule has 0 saturated carbocycles. The predicted octanol–water partition coefficient (Wildman–Crippen LogP) is 2.31. The third-order valence-electron chi connectivity index (χ3n) is 3.28. The van der Waals surface area contributed by atoms with E-state index in [1.54, 1.807) is 6.20 Å². The van der Waals surface area contributed by atoms with Crippen LogP contribution in [0.5, 0.6) is 0 Å². The van der Waals surface area contributed by atoms with Crippen LogP contribution in [0.3, 0.4) is 0 Å². The quantitative estimate of drug-likeness (QED) is 0.828. The lowest BCUT2D eigenvalue weighted by atomic mass is 10.2. The molecule has 1 aliphatic rings. The Morgan fingerprint density at radius 3 is 2.42 bits per heavy atom. The highest BCUT2D eigenvalue weighted by molar-refractivity contribution is 9.10. The minimum atomic E-state index is -4.17. The average Bonchev–Trinajstić information content (AvgIpc) is 2.38. The first-order valence-electron chi connectivity index (χ1n) is 5.91. The van der Waals surface area contributed by atoms with E-state index in [0.29, 0.717) is 26.2 Å². The first-order chi connectivity index (χ1) is 8.89. The monoisotopic (exact) mass is 338 g/mol. The van der Waals surface area contributed by atoms with Gasteiger partial charge in [0, 0.05) is 32.4 Å². The van der Waals surface area contributed by atoms with Gasteiger partial charge in [-0.1, -0.05) is 0 Å². The van der Waals surface area contributed by atoms with Gasteiger partial charge in [0.2, 0.25) is 0 Å². The summed E-state index contributed by atoms with van der Waals surface area (Å²) in [6.45, 7) is 3.00. The van der Waals surface area contributed by atoms with E-state index in [2.05, 4.69) is 25.9 Å². The van der Waals surface area contributed by atoms with Crippen molar-refractivity contribution in [3.63, 3.8) is 0 Å². The van der Waals surface area contributed by atoms with Gasteiger partial charge in [0.1, 0.15) is 18.2 Å². The van der Waals surface area contributed by atoms with Gasteiger partial charge in [0.05, 0.1) is 4.47 Å². The Bertz CT molecular complexity index is 432. The molecule has 0 bridgehead atoms. The molecule has 0 unspecified atom stereocenters. The van der Waals surface area contributed by atoms with Crippen molar-refractivity contribution < 1.29 is 13.2 Å². The second kappa shape index (κ2) is 5.62. The molecule has 8 heteroatoms. The van der Waals surface area contributed by atoms with Crippen LogP contribution in [0.1, 0.15) is 6.92 Å². The second-order valence-corrected chi connectivity index (χ2v) is 5.29. The number of aromatic nitrogens is 2. The van der Waals surface area contributed by atoms with E-state index in [1.807, 2.05) is 4.90 Å². The van der Waals surface area contributed by atoms with E-state index in [-0.39, 0.29) is 0 Å². The highest BCUT2D eigenvalue weighted by Crippen LogP contribution is 2.27. The smallest absolute Gasteiger partial charge is 0.353 e. The summed E-state index contributed by atoms with van der Waals surface area (Å²) < 4.78 is 38.7. The molecule has 0 spiro atoms. The van der Waals surface area contributed by atoms with Gasteiger partial charge in [-0.2, -0.15) is 13.2 Å². The van der Waals surface area contributed by atoms with Gasteiger partial charge < -0.3 is 4.90 Å². The third kappa shape index (κ3) is 3.36. The summed E-state index contributed by atoms with van der Waals surface area (Å²) in [4.78, 5) is 11.4. The van der Waals surface area contributed by atoms with Crippen molar-refractivity contribution in [2.75, 3.05) is 31.1 Å². The van der Waals surface area contributed by atoms with Crippen molar-refractivity contribution in [3.8, 4) is 0 Å². The fraction of sp³-hybridized carbons (Fsp3) is 0.636. The lowest BCUT2D eigenvalue weighted by Gasteiger charge is -2.39. The normalized spacial score (nSPS) is 19.5. The lowest BCUT2D eigenvalue weighted by Crippen LogP contribution is -2.53. The predicted molar refractivity (Wildman–Crippen MR) is 69.0 cm³/mol. The Labute approximate surface area is 117 Å². The van der Waals surface area contributed by atoms with E-state index < -0.39 is 12.2 Å². The van der Waals surface area contributed by atoms with Crippen LogP contribution in [0.15, 0.2) is 17.0 Å². The Hall–Kier alpha value is -0.890. The first kappa shape index (κ1) is 14.5. The molecule has 1 aliphatic heterocycles. The number of halogens is 4. The van der Waals surface area contributed by atoms with Crippen LogP contribution in [0, 0.1) is 0 Å². The Morgan fingerprint density at radius 2 is 1.89 bits per heavy atom. The van der Waals surface area contributed by atoms with Crippen molar-refractivity contribution >= 4 is 21.7 Å². The van der Waals surface area contributed by atoms with Crippen molar-refractivity contribution in [3.05, 3.63) is 17.0 Å². The molecular weight excluding hydrogens is 325 g/mol. The van der Waals surface area contributed by atoms with Gasteiger partial charge in [-0.05, 0) is 22.9 Å². The van der Waals surface area contributed by atoms with Crippen LogP contribution in [-0.4, -0.2) is 53.3 Å². The number of piperazine rings is 1. The highest BCUT2D eigenvalue weighted by Gasteiger charge is 2.40. The molecule has 1 saturated heterocycles. The molecule has 1 atom stereocenters. The van der Waals surface area contributed by atoms with Gasteiger partial charge in [-0.15, -0.1) is 0 Å². The molecule has 0 N–H and O–H groups in total. The van der Waals surface area contributed by atoms with E-state index in [0.717, 1.165) is 10.3 Å². The van der Waals surface area contributed by atoms with Crippen molar-refractivity contribution in [2.24, 2.45) is 0 Å². The number of nitrogens with zero attached hydrogens (tertiary/aromatic N) is 4. The SMILES string of the molecule is C[C@@H](N1CCN(c2ncncc2Br)CC1)C(F)(F)F. The van der Waals surface area contributed by atoms with Crippen molar-refractivity contribution in [2.45, 2.75) is 19.1 Å². The van der Waals surface area contributed by atoms with E-state index in [1.165, 1.54) is 18.2 Å². The maximum absolute atomic E-state index is 12.6. The first-order valence-corrected chi connectivity index (χ1v) is 6.70. The molecule has 106 valence electrons. The van der Waals surface area contributed by atoms with Crippen molar-refractivity contribution in [1.82, 2.24) is 14.9 Å². The van der Waals surface area contributed by atoms with Crippen LogP contribution in [0.2, 0.25) is 0 Å². The highest BCUT2D eigenvalue weighted by atomic mass is 79.9. The van der Waals surface area contributed by atoms with Gasteiger partial charge in [0.25, 0.3) is 0 Å². The maximum atomic E-state index is 12.6. The van der Waals surface area contributed by atoms with Gasteiger partial charge in [-0.25, -0.2) is 9.97 Å². The summed E-state index contributed by atoms with van der Waals surface area (Å²) >= 11 is 3.35. The number of anilines is 1. The van der Waals surface area contributed by atoms with Crippen LogP contribution in [-0.2, 0) is 0 Å². The molecule has 2 rings (SSSR count). The number of rotatable bonds is 2. The molecule has 19 heavy (non-hydrogen) atoms. The van der Waals surface area contributed by atoms with E-state index in [9.17, 15) is 13.2 Å². The van der Waals surface area contributed by atoms with Crippen LogP contribution in [0.25, 0.3) is 0 Å². The maximum Gasteiger partial charge on any atom is 0.403 e. The summed E-state index contributed by atoms with van der Waals surface area (Å²) in [7, 11) is 0.